The Kier molecular flexibility index (Phi) is 2.81. The highest BCUT2D eigenvalue weighted by Gasteiger charge is 2.28. The Morgan fingerprint density at radius 1 is 1.73 bits per heavy atom. The minimum Gasteiger partial charge on any atom is -0.468 e. The summed E-state index contributed by atoms with van der Waals surface area (Å²) >= 11 is 0. The van der Waals surface area contributed by atoms with Crippen LogP contribution in [0.15, 0.2) is 0 Å². The Bertz CT molecular complexity index is 151. The molecule has 1 rings (SSSR count). The quantitative estimate of drug-likeness (QED) is 0.424. The van der Waals surface area contributed by atoms with Gasteiger partial charge in [0.25, 0.3) is 0 Å². The highest BCUT2D eigenvalue weighted by atomic mass is 16.5. The molecule has 0 aliphatic carbocycles. The average molecular weight is 160 g/mol. The summed E-state index contributed by atoms with van der Waals surface area (Å²) in [6, 6.07) is -0.365. The molecule has 1 aliphatic heterocycles. The van der Waals surface area contributed by atoms with Crippen LogP contribution in [0.4, 0.5) is 0 Å². The normalized spacial score (nSPS) is 30.4. The Hall–Kier alpha value is -0.650. The topological polar surface area (TPSA) is 70.6 Å². The molecule has 0 amide bonds. The van der Waals surface area contributed by atoms with Crippen LogP contribution in [-0.4, -0.2) is 36.9 Å². The number of hydrogen-bond donors (Lipinski definition) is 3. The molecular formula is C6H12N2O3. The zero-order valence-electron chi connectivity index (χ0n) is 6.33. The number of methoxy groups -OCH3 is 1. The van der Waals surface area contributed by atoms with Gasteiger partial charge in [-0.3, -0.25) is 10.2 Å². The van der Waals surface area contributed by atoms with Gasteiger partial charge in [-0.1, -0.05) is 0 Å². The van der Waals surface area contributed by atoms with Gasteiger partial charge in [0.05, 0.1) is 13.7 Å². The van der Waals surface area contributed by atoms with Crippen LogP contribution in [0.25, 0.3) is 0 Å². The third-order valence-corrected chi connectivity index (χ3v) is 1.69. The van der Waals surface area contributed by atoms with Crippen molar-refractivity contribution in [2.75, 3.05) is 13.7 Å². The standard InChI is InChI=1S/C6H12N2O3/c1-11-6(10)5-2-4(3-9)7-8-5/h4-5,7-9H,2-3H2,1H3. The zero-order chi connectivity index (χ0) is 8.27. The highest BCUT2D eigenvalue weighted by Crippen LogP contribution is 2.04. The minimum absolute atomic E-state index is 0.0283. The summed E-state index contributed by atoms with van der Waals surface area (Å²) in [5.74, 6) is -0.298. The lowest BCUT2D eigenvalue weighted by Gasteiger charge is -2.04. The number of rotatable bonds is 2. The van der Waals surface area contributed by atoms with E-state index in [-0.39, 0.29) is 24.7 Å². The fraction of sp³-hybridized carbons (Fsp3) is 0.833. The van der Waals surface area contributed by atoms with E-state index in [2.05, 4.69) is 15.6 Å². The SMILES string of the molecule is COC(=O)C1CC(CO)NN1. The molecule has 1 saturated heterocycles. The van der Waals surface area contributed by atoms with E-state index in [1.807, 2.05) is 0 Å². The van der Waals surface area contributed by atoms with Gasteiger partial charge in [-0.05, 0) is 6.42 Å². The molecule has 0 saturated carbocycles. The lowest BCUT2D eigenvalue weighted by atomic mass is 10.1. The maximum Gasteiger partial charge on any atom is 0.324 e. The number of hydrogen-bond acceptors (Lipinski definition) is 5. The molecule has 0 aromatic carbocycles. The minimum atomic E-state index is -0.322. The summed E-state index contributed by atoms with van der Waals surface area (Å²) in [5, 5.41) is 8.68. The van der Waals surface area contributed by atoms with Crippen LogP contribution in [0.5, 0.6) is 0 Å². The molecule has 1 aliphatic rings. The largest absolute Gasteiger partial charge is 0.468 e. The van der Waals surface area contributed by atoms with Crippen LogP contribution in [0, 0.1) is 0 Å². The van der Waals surface area contributed by atoms with Gasteiger partial charge >= 0.3 is 5.97 Å². The average Bonchev–Trinajstić information content (AvgIpc) is 2.50. The highest BCUT2D eigenvalue weighted by molar-refractivity contribution is 5.75. The van der Waals surface area contributed by atoms with Crippen molar-refractivity contribution in [1.29, 1.82) is 0 Å². The van der Waals surface area contributed by atoms with Gasteiger partial charge in [-0.2, -0.15) is 0 Å². The van der Waals surface area contributed by atoms with Crippen molar-refractivity contribution in [1.82, 2.24) is 10.9 Å². The molecule has 0 aromatic rings. The Labute approximate surface area is 64.7 Å². The summed E-state index contributed by atoms with van der Waals surface area (Å²) < 4.78 is 4.50. The first-order valence-electron chi connectivity index (χ1n) is 3.47. The fourth-order valence-electron chi connectivity index (χ4n) is 1.04. The van der Waals surface area contributed by atoms with Crippen molar-refractivity contribution in [2.24, 2.45) is 0 Å². The lowest BCUT2D eigenvalue weighted by Crippen LogP contribution is -2.38. The summed E-state index contributed by atoms with van der Waals surface area (Å²) in [6.07, 6.45) is 0.573. The number of esters is 1. The van der Waals surface area contributed by atoms with Crippen LogP contribution in [0.3, 0.4) is 0 Å². The van der Waals surface area contributed by atoms with Gasteiger partial charge in [0.2, 0.25) is 0 Å². The molecule has 5 heteroatoms. The molecule has 3 N–H and O–H groups in total. The van der Waals surface area contributed by atoms with E-state index in [9.17, 15) is 4.79 Å². The van der Waals surface area contributed by atoms with E-state index in [1.54, 1.807) is 0 Å². The Morgan fingerprint density at radius 3 is 2.91 bits per heavy atom. The maximum atomic E-state index is 10.9. The van der Waals surface area contributed by atoms with E-state index >= 15 is 0 Å². The smallest absolute Gasteiger partial charge is 0.324 e. The van der Waals surface area contributed by atoms with Crippen molar-refractivity contribution in [2.45, 2.75) is 18.5 Å². The number of hydrazine groups is 1. The molecule has 0 radical (unpaired) electrons. The third-order valence-electron chi connectivity index (χ3n) is 1.69. The van der Waals surface area contributed by atoms with Gasteiger partial charge in [0.15, 0.2) is 0 Å². The predicted molar refractivity (Wildman–Crippen MR) is 37.6 cm³/mol. The van der Waals surface area contributed by atoms with Crippen LogP contribution < -0.4 is 10.9 Å². The van der Waals surface area contributed by atoms with E-state index in [1.165, 1.54) is 7.11 Å². The second-order valence-corrected chi connectivity index (χ2v) is 2.48. The van der Waals surface area contributed by atoms with E-state index in [0.29, 0.717) is 6.42 Å². The summed E-state index contributed by atoms with van der Waals surface area (Å²) in [6.45, 7) is 0.0283. The van der Waals surface area contributed by atoms with E-state index in [0.717, 1.165) is 0 Å². The zero-order valence-corrected chi connectivity index (χ0v) is 6.33. The summed E-state index contributed by atoms with van der Waals surface area (Å²) in [7, 11) is 1.34. The van der Waals surface area contributed by atoms with Crippen LogP contribution in [0.2, 0.25) is 0 Å². The molecule has 0 bridgehead atoms. The van der Waals surface area contributed by atoms with Crippen molar-refractivity contribution < 1.29 is 14.6 Å². The lowest BCUT2D eigenvalue weighted by molar-refractivity contribution is -0.142. The molecule has 64 valence electrons. The number of carbonyl (C=O) groups is 1. The number of aliphatic hydroxyl groups excluding tert-OH is 1. The van der Waals surface area contributed by atoms with E-state index in [4.69, 9.17) is 5.11 Å². The molecule has 0 spiro atoms. The molecule has 2 unspecified atom stereocenters. The van der Waals surface area contributed by atoms with Crippen molar-refractivity contribution in [3.63, 3.8) is 0 Å². The van der Waals surface area contributed by atoms with Crippen molar-refractivity contribution >= 4 is 5.97 Å². The molecule has 2 atom stereocenters. The van der Waals surface area contributed by atoms with Crippen LogP contribution in [-0.2, 0) is 9.53 Å². The van der Waals surface area contributed by atoms with Crippen LogP contribution >= 0.6 is 0 Å². The van der Waals surface area contributed by atoms with Crippen molar-refractivity contribution in [3.05, 3.63) is 0 Å². The van der Waals surface area contributed by atoms with Crippen molar-refractivity contribution in [3.8, 4) is 0 Å². The van der Waals surface area contributed by atoms with Gasteiger partial charge in [0, 0.05) is 6.04 Å². The number of ether oxygens (including phenoxy) is 1. The van der Waals surface area contributed by atoms with Gasteiger partial charge in [-0.15, -0.1) is 0 Å². The number of aliphatic hydroxyl groups is 1. The first-order chi connectivity index (χ1) is 5.27. The van der Waals surface area contributed by atoms with Crippen LogP contribution in [0.1, 0.15) is 6.42 Å². The molecule has 1 fully saturated rings. The molecular weight excluding hydrogens is 148 g/mol. The molecule has 1 heterocycles. The molecule has 5 nitrogen and oxygen atoms in total. The third kappa shape index (κ3) is 1.89. The monoisotopic (exact) mass is 160 g/mol. The van der Waals surface area contributed by atoms with Gasteiger partial charge in [0.1, 0.15) is 6.04 Å². The molecule has 0 aromatic heterocycles. The maximum absolute atomic E-state index is 10.9. The summed E-state index contributed by atoms with van der Waals surface area (Å²) in [5.41, 5.74) is 5.49. The Morgan fingerprint density at radius 2 is 2.45 bits per heavy atom. The molecule has 11 heavy (non-hydrogen) atoms. The Balaban J connectivity index is 2.35. The fourth-order valence-corrected chi connectivity index (χ4v) is 1.04. The van der Waals surface area contributed by atoms with E-state index < -0.39 is 0 Å². The predicted octanol–water partition coefficient (Wildman–Crippen LogP) is -1.61. The number of carbonyl (C=O) groups excluding carboxylic acids is 1. The second kappa shape index (κ2) is 3.66. The van der Waals surface area contributed by atoms with Gasteiger partial charge in [-0.25, -0.2) is 5.43 Å². The van der Waals surface area contributed by atoms with Gasteiger partial charge < -0.3 is 9.84 Å². The first-order valence-corrected chi connectivity index (χ1v) is 3.47. The number of nitrogens with one attached hydrogen (secondary N) is 2. The first kappa shape index (κ1) is 8.45. The second-order valence-electron chi connectivity index (χ2n) is 2.48. The summed E-state index contributed by atoms with van der Waals surface area (Å²) in [4.78, 5) is 10.9.